The third-order valence-electron chi connectivity index (χ3n) is 5.27. The molecule has 1 aliphatic rings. The van der Waals surface area contributed by atoms with E-state index in [0.717, 1.165) is 29.0 Å². The molecule has 31 heavy (non-hydrogen) atoms. The fourth-order valence-electron chi connectivity index (χ4n) is 3.89. The molecule has 3 N–H and O–H groups in total. The van der Waals surface area contributed by atoms with Crippen LogP contribution in [0.1, 0.15) is 17.3 Å². The van der Waals surface area contributed by atoms with Crippen LogP contribution in [0.25, 0.3) is 16.6 Å². The van der Waals surface area contributed by atoms with E-state index in [1.54, 1.807) is 4.90 Å². The van der Waals surface area contributed by atoms with Crippen LogP contribution in [0.5, 0.6) is 5.75 Å². The van der Waals surface area contributed by atoms with Crippen LogP contribution in [0.3, 0.4) is 0 Å². The highest BCUT2D eigenvalue weighted by molar-refractivity contribution is 5.97. The lowest BCUT2D eigenvalue weighted by Gasteiger charge is -2.34. The van der Waals surface area contributed by atoms with Gasteiger partial charge in [-0.1, -0.05) is 0 Å². The first-order valence-corrected chi connectivity index (χ1v) is 9.47. The number of halogens is 3. The summed E-state index contributed by atoms with van der Waals surface area (Å²) in [5.41, 5.74) is -2.55. The van der Waals surface area contributed by atoms with Gasteiger partial charge in [-0.25, -0.2) is 18.0 Å². The molecular formula is C21H18F3N3O4. The van der Waals surface area contributed by atoms with Crippen molar-refractivity contribution in [3.8, 4) is 11.4 Å². The van der Waals surface area contributed by atoms with Crippen molar-refractivity contribution in [1.29, 1.82) is 0 Å². The summed E-state index contributed by atoms with van der Waals surface area (Å²) in [6.07, 6.45) is 0.838. The van der Waals surface area contributed by atoms with Crippen LogP contribution in [0, 0.1) is 17.5 Å². The molecular weight excluding hydrogens is 415 g/mol. The predicted octanol–water partition coefficient (Wildman–Crippen LogP) is 2.61. The average molecular weight is 433 g/mol. The van der Waals surface area contributed by atoms with Gasteiger partial charge in [0.05, 0.1) is 11.1 Å². The molecule has 3 aromatic rings. The third-order valence-corrected chi connectivity index (χ3v) is 5.27. The van der Waals surface area contributed by atoms with Gasteiger partial charge in [0, 0.05) is 37.9 Å². The molecule has 0 bridgehead atoms. The molecule has 1 aliphatic heterocycles. The summed E-state index contributed by atoms with van der Waals surface area (Å²) >= 11 is 0. The average Bonchev–Trinajstić information content (AvgIpc) is 2.69. The molecule has 4 rings (SSSR count). The van der Waals surface area contributed by atoms with Crippen LogP contribution in [-0.2, 0) is 0 Å². The number of aromatic hydroxyl groups is 1. The number of hydrogen-bond acceptors (Lipinski definition) is 5. The minimum absolute atomic E-state index is 0.00521. The lowest BCUT2D eigenvalue weighted by Crippen LogP contribution is -2.49. The zero-order valence-electron chi connectivity index (χ0n) is 16.3. The summed E-state index contributed by atoms with van der Waals surface area (Å²) in [5.74, 6) is -5.08. The Morgan fingerprint density at radius 2 is 1.94 bits per heavy atom. The quantitative estimate of drug-likeness (QED) is 0.588. The maximum absolute atomic E-state index is 15.0. The van der Waals surface area contributed by atoms with Gasteiger partial charge >= 0.3 is 5.97 Å². The number of carboxylic acids is 1. The van der Waals surface area contributed by atoms with Gasteiger partial charge in [-0.2, -0.15) is 0 Å². The van der Waals surface area contributed by atoms with Crippen LogP contribution in [-0.4, -0.2) is 46.4 Å². The molecule has 1 fully saturated rings. The summed E-state index contributed by atoms with van der Waals surface area (Å²) < 4.78 is 43.9. The lowest BCUT2D eigenvalue weighted by atomic mass is 10.1. The maximum atomic E-state index is 15.0. The number of phenols is 1. The summed E-state index contributed by atoms with van der Waals surface area (Å²) in [6.45, 7) is 3.13. The first-order valence-electron chi connectivity index (χ1n) is 9.47. The molecule has 0 spiro atoms. The van der Waals surface area contributed by atoms with Crippen molar-refractivity contribution in [2.45, 2.75) is 13.0 Å². The van der Waals surface area contributed by atoms with E-state index in [-0.39, 0.29) is 22.9 Å². The molecule has 0 saturated carbocycles. The number of aromatic carboxylic acids is 1. The molecule has 0 amide bonds. The topological polar surface area (TPSA) is 94.8 Å². The first kappa shape index (κ1) is 20.7. The summed E-state index contributed by atoms with van der Waals surface area (Å²) in [4.78, 5) is 25.8. The highest BCUT2D eigenvalue weighted by atomic mass is 19.1. The Balaban J connectivity index is 2.10. The van der Waals surface area contributed by atoms with Crippen molar-refractivity contribution < 1.29 is 28.2 Å². The number of piperazine rings is 1. The Morgan fingerprint density at radius 3 is 2.58 bits per heavy atom. The Morgan fingerprint density at radius 1 is 1.19 bits per heavy atom. The summed E-state index contributed by atoms with van der Waals surface area (Å²) in [7, 11) is 0. The number of carboxylic acid groups (broad SMARTS) is 1. The molecule has 1 atom stereocenters. The largest absolute Gasteiger partial charge is 0.504 e. The van der Waals surface area contributed by atoms with E-state index in [0.29, 0.717) is 25.7 Å². The minimum atomic E-state index is -1.61. The zero-order chi connectivity index (χ0) is 22.4. The minimum Gasteiger partial charge on any atom is -0.504 e. The van der Waals surface area contributed by atoms with Gasteiger partial charge in [0.1, 0.15) is 28.4 Å². The normalized spacial score (nSPS) is 16.6. The standard InChI is InChI=1S/C21H18F3N3O4/c1-10-8-26(5-4-25-10)18-15(24)7-12-17(20(18)29)27(9-13(19(12)28)21(30)31)16-3-2-11(22)6-14(16)23/h2-3,6-7,9-10,25,29H,4-5,8H2,1H3,(H,30,31). The number of nitrogens with zero attached hydrogens (tertiary/aromatic N) is 2. The predicted molar refractivity (Wildman–Crippen MR) is 108 cm³/mol. The lowest BCUT2D eigenvalue weighted by molar-refractivity contribution is 0.0695. The molecule has 2 heterocycles. The highest BCUT2D eigenvalue weighted by Crippen LogP contribution is 2.38. The highest BCUT2D eigenvalue weighted by Gasteiger charge is 2.27. The van der Waals surface area contributed by atoms with Crippen LogP contribution in [0.4, 0.5) is 18.9 Å². The number of benzene rings is 2. The molecule has 1 saturated heterocycles. The van der Waals surface area contributed by atoms with E-state index in [2.05, 4.69) is 5.32 Å². The van der Waals surface area contributed by atoms with E-state index in [9.17, 15) is 28.6 Å². The number of aromatic nitrogens is 1. The molecule has 1 unspecified atom stereocenters. The van der Waals surface area contributed by atoms with Gasteiger partial charge in [-0.3, -0.25) is 4.79 Å². The second kappa shape index (κ2) is 7.62. The van der Waals surface area contributed by atoms with Gasteiger partial charge in [0.15, 0.2) is 11.6 Å². The molecule has 0 radical (unpaired) electrons. The van der Waals surface area contributed by atoms with Crippen molar-refractivity contribution in [2.75, 3.05) is 24.5 Å². The number of pyridine rings is 1. The van der Waals surface area contributed by atoms with Crippen molar-refractivity contribution in [2.24, 2.45) is 0 Å². The molecule has 10 heteroatoms. The Labute approximate surface area is 174 Å². The van der Waals surface area contributed by atoms with Crippen molar-refractivity contribution in [3.05, 3.63) is 63.7 Å². The third kappa shape index (κ3) is 3.48. The van der Waals surface area contributed by atoms with Crippen LogP contribution < -0.4 is 15.6 Å². The number of fused-ring (bicyclic) bond motifs is 1. The van der Waals surface area contributed by atoms with Gasteiger partial charge in [-0.15, -0.1) is 0 Å². The SMILES string of the molecule is CC1CN(c2c(F)cc3c(=O)c(C(=O)O)cn(-c4ccc(F)cc4F)c3c2O)CCN1. The van der Waals surface area contributed by atoms with E-state index in [1.165, 1.54) is 0 Å². The van der Waals surface area contributed by atoms with Crippen LogP contribution >= 0.6 is 0 Å². The summed E-state index contributed by atoms with van der Waals surface area (Å²) in [5, 5.41) is 23.1. The van der Waals surface area contributed by atoms with E-state index >= 15 is 4.39 Å². The number of carbonyl (C=O) groups is 1. The zero-order valence-corrected chi connectivity index (χ0v) is 16.3. The smallest absolute Gasteiger partial charge is 0.341 e. The van der Waals surface area contributed by atoms with Crippen molar-refractivity contribution >= 4 is 22.6 Å². The van der Waals surface area contributed by atoms with Crippen molar-refractivity contribution in [1.82, 2.24) is 9.88 Å². The second-order valence-corrected chi connectivity index (χ2v) is 7.40. The molecule has 0 aliphatic carbocycles. The Bertz CT molecular complexity index is 1280. The Hall–Kier alpha value is -3.53. The second-order valence-electron chi connectivity index (χ2n) is 7.40. The fourth-order valence-corrected chi connectivity index (χ4v) is 3.89. The van der Waals surface area contributed by atoms with Gasteiger partial charge in [0.2, 0.25) is 5.43 Å². The van der Waals surface area contributed by atoms with Gasteiger partial charge in [-0.05, 0) is 25.1 Å². The fraction of sp³-hybridized carbons (Fsp3) is 0.238. The number of rotatable bonds is 3. The Kier molecular flexibility index (Phi) is 5.10. The molecule has 1 aromatic heterocycles. The number of hydrogen-bond donors (Lipinski definition) is 3. The number of nitrogens with one attached hydrogen (secondary N) is 1. The van der Waals surface area contributed by atoms with E-state index < -0.39 is 45.5 Å². The number of anilines is 1. The van der Waals surface area contributed by atoms with E-state index in [1.807, 2.05) is 6.92 Å². The monoisotopic (exact) mass is 433 g/mol. The van der Waals surface area contributed by atoms with Crippen LogP contribution in [0.15, 0.2) is 35.3 Å². The van der Waals surface area contributed by atoms with E-state index in [4.69, 9.17) is 0 Å². The summed E-state index contributed by atoms with van der Waals surface area (Å²) in [6, 6.07) is 3.40. The molecule has 162 valence electrons. The molecule has 2 aromatic carbocycles. The van der Waals surface area contributed by atoms with Crippen LogP contribution in [0.2, 0.25) is 0 Å². The first-order chi connectivity index (χ1) is 14.7. The van der Waals surface area contributed by atoms with Gasteiger partial charge < -0.3 is 25.0 Å². The van der Waals surface area contributed by atoms with Crippen molar-refractivity contribution in [3.63, 3.8) is 0 Å². The van der Waals surface area contributed by atoms with Gasteiger partial charge in [0.25, 0.3) is 0 Å². The molecule has 7 nitrogen and oxygen atoms in total. The maximum Gasteiger partial charge on any atom is 0.341 e. The number of phenolic OH excluding ortho intramolecular Hbond substituents is 1.